The molecule has 1 aromatic heterocycles. The summed E-state index contributed by atoms with van der Waals surface area (Å²) in [7, 11) is 3.59. The monoisotopic (exact) mass is 416 g/mol. The van der Waals surface area contributed by atoms with Crippen LogP contribution >= 0.6 is 11.3 Å². The average Bonchev–Trinajstić information content (AvgIpc) is 2.88. The van der Waals surface area contributed by atoms with E-state index >= 15 is 0 Å². The van der Waals surface area contributed by atoms with Crippen molar-refractivity contribution < 1.29 is 14.3 Å². The summed E-state index contributed by atoms with van der Waals surface area (Å²) >= 11 is 1.56. The van der Waals surface area contributed by atoms with Crippen molar-refractivity contribution in [2.75, 3.05) is 27.2 Å². The van der Waals surface area contributed by atoms with Crippen molar-refractivity contribution in [1.82, 2.24) is 9.80 Å². The maximum atomic E-state index is 12.9. The number of thiophene rings is 1. The van der Waals surface area contributed by atoms with Crippen LogP contribution in [0.25, 0.3) is 10.1 Å². The standard InChI is InChI=1S/C23H32N2O3S/c1-16(2)28-15-21(26)25-13-9-5-6-10-17(25)14-19-18-11-7-8-12-20(18)29-22(19)23(27)24(3)4/h7-8,11-12,16-17H,5-6,9-10,13-15H2,1-4H3/t17-/m1/s1. The molecular weight excluding hydrogens is 384 g/mol. The predicted octanol–water partition coefficient (Wildman–Crippen LogP) is 4.34. The van der Waals surface area contributed by atoms with E-state index in [-0.39, 0.29) is 30.6 Å². The fourth-order valence-electron chi connectivity index (χ4n) is 3.95. The molecule has 6 heteroatoms. The fourth-order valence-corrected chi connectivity index (χ4v) is 5.21. The Labute approximate surface area is 177 Å². The quantitative estimate of drug-likeness (QED) is 0.704. The first kappa shape index (κ1) is 21.8. The van der Waals surface area contributed by atoms with E-state index in [2.05, 4.69) is 12.1 Å². The number of rotatable bonds is 6. The summed E-state index contributed by atoms with van der Waals surface area (Å²) in [5.74, 6) is 0.0986. The van der Waals surface area contributed by atoms with Gasteiger partial charge in [-0.05, 0) is 50.1 Å². The van der Waals surface area contributed by atoms with Crippen molar-refractivity contribution in [1.29, 1.82) is 0 Å². The Hall–Kier alpha value is -1.92. The Balaban J connectivity index is 1.93. The van der Waals surface area contributed by atoms with Gasteiger partial charge in [0.05, 0.1) is 11.0 Å². The van der Waals surface area contributed by atoms with Gasteiger partial charge in [-0.15, -0.1) is 11.3 Å². The number of ether oxygens (including phenoxy) is 1. The van der Waals surface area contributed by atoms with Gasteiger partial charge in [0.1, 0.15) is 6.61 Å². The number of amides is 2. The van der Waals surface area contributed by atoms with Crippen molar-refractivity contribution in [2.45, 2.75) is 58.1 Å². The minimum absolute atomic E-state index is 0.0366. The number of likely N-dealkylation sites (tertiary alicyclic amines) is 1. The van der Waals surface area contributed by atoms with E-state index in [1.165, 1.54) is 0 Å². The number of benzene rings is 1. The molecule has 1 aliphatic heterocycles. The summed E-state index contributed by atoms with van der Waals surface area (Å²) in [6.07, 6.45) is 4.99. The maximum Gasteiger partial charge on any atom is 0.263 e. The first-order valence-electron chi connectivity index (χ1n) is 10.5. The lowest BCUT2D eigenvalue weighted by atomic mass is 9.97. The van der Waals surface area contributed by atoms with E-state index in [9.17, 15) is 9.59 Å². The molecule has 0 radical (unpaired) electrons. The molecule has 2 aromatic rings. The van der Waals surface area contributed by atoms with Crippen molar-refractivity contribution in [3.8, 4) is 0 Å². The Bertz CT molecular complexity index is 859. The molecular formula is C23H32N2O3S. The molecule has 1 saturated heterocycles. The van der Waals surface area contributed by atoms with Crippen LogP contribution in [0.4, 0.5) is 0 Å². The van der Waals surface area contributed by atoms with E-state index in [1.807, 2.05) is 30.9 Å². The molecule has 3 rings (SSSR count). The molecule has 1 aromatic carbocycles. The minimum atomic E-state index is 0.0366. The fraction of sp³-hybridized carbons (Fsp3) is 0.565. The van der Waals surface area contributed by atoms with Gasteiger partial charge in [-0.1, -0.05) is 31.0 Å². The molecule has 1 atom stereocenters. The Morgan fingerprint density at radius 3 is 2.69 bits per heavy atom. The number of carbonyl (C=O) groups excluding carboxylic acids is 2. The van der Waals surface area contributed by atoms with Gasteiger partial charge in [-0.25, -0.2) is 0 Å². The number of hydrogen-bond acceptors (Lipinski definition) is 4. The third kappa shape index (κ3) is 5.17. The smallest absolute Gasteiger partial charge is 0.263 e. The zero-order chi connectivity index (χ0) is 21.0. The van der Waals surface area contributed by atoms with Crippen LogP contribution in [-0.4, -0.2) is 61.0 Å². The second-order valence-corrected chi connectivity index (χ2v) is 9.31. The number of nitrogens with zero attached hydrogens (tertiary/aromatic N) is 2. The topological polar surface area (TPSA) is 49.9 Å². The Kier molecular flexibility index (Phi) is 7.30. The van der Waals surface area contributed by atoms with E-state index < -0.39 is 0 Å². The molecule has 0 N–H and O–H groups in total. The molecule has 0 spiro atoms. The zero-order valence-corrected chi connectivity index (χ0v) is 18.8. The number of fused-ring (bicyclic) bond motifs is 1. The summed E-state index contributed by atoms with van der Waals surface area (Å²) < 4.78 is 6.72. The highest BCUT2D eigenvalue weighted by Crippen LogP contribution is 2.34. The van der Waals surface area contributed by atoms with Crippen LogP contribution in [0.3, 0.4) is 0 Å². The van der Waals surface area contributed by atoms with E-state index in [4.69, 9.17) is 4.74 Å². The molecule has 0 bridgehead atoms. The lowest BCUT2D eigenvalue weighted by Gasteiger charge is -2.31. The van der Waals surface area contributed by atoms with Crippen LogP contribution in [0.15, 0.2) is 24.3 Å². The van der Waals surface area contributed by atoms with E-state index in [0.717, 1.165) is 52.8 Å². The highest BCUT2D eigenvalue weighted by atomic mass is 32.1. The minimum Gasteiger partial charge on any atom is -0.369 e. The van der Waals surface area contributed by atoms with Crippen LogP contribution in [0, 0.1) is 0 Å². The second kappa shape index (κ2) is 9.72. The van der Waals surface area contributed by atoms with Crippen LogP contribution < -0.4 is 0 Å². The summed E-state index contributed by atoms with van der Waals surface area (Å²) in [5.41, 5.74) is 1.08. The largest absolute Gasteiger partial charge is 0.369 e. The van der Waals surface area contributed by atoms with Gasteiger partial charge in [0.15, 0.2) is 0 Å². The zero-order valence-electron chi connectivity index (χ0n) is 17.9. The number of hydrogen-bond donors (Lipinski definition) is 0. The maximum absolute atomic E-state index is 12.9. The molecule has 2 heterocycles. The van der Waals surface area contributed by atoms with Crippen LogP contribution in [0.1, 0.15) is 54.8 Å². The molecule has 29 heavy (non-hydrogen) atoms. The SMILES string of the molecule is CC(C)OCC(=O)N1CCCCC[C@@H]1Cc1c(C(=O)N(C)C)sc2ccccc12. The summed E-state index contributed by atoms with van der Waals surface area (Å²) in [6.45, 7) is 4.79. The second-order valence-electron chi connectivity index (χ2n) is 8.26. The van der Waals surface area contributed by atoms with E-state index in [0.29, 0.717) is 6.42 Å². The van der Waals surface area contributed by atoms with Crippen LogP contribution in [0.5, 0.6) is 0 Å². The molecule has 1 aliphatic rings. The van der Waals surface area contributed by atoms with Gasteiger partial charge in [0, 0.05) is 31.4 Å². The van der Waals surface area contributed by atoms with Crippen molar-refractivity contribution >= 4 is 33.2 Å². The normalized spacial score (nSPS) is 17.6. The molecule has 2 amide bonds. The van der Waals surface area contributed by atoms with Gasteiger partial charge in [-0.2, -0.15) is 0 Å². The highest BCUT2D eigenvalue weighted by Gasteiger charge is 2.29. The van der Waals surface area contributed by atoms with Gasteiger partial charge in [0.25, 0.3) is 5.91 Å². The molecule has 5 nitrogen and oxygen atoms in total. The Morgan fingerprint density at radius 1 is 1.21 bits per heavy atom. The Morgan fingerprint density at radius 2 is 1.97 bits per heavy atom. The van der Waals surface area contributed by atoms with Gasteiger partial charge >= 0.3 is 0 Å². The average molecular weight is 417 g/mol. The van der Waals surface area contributed by atoms with E-state index in [1.54, 1.807) is 30.3 Å². The van der Waals surface area contributed by atoms with Crippen LogP contribution in [0.2, 0.25) is 0 Å². The van der Waals surface area contributed by atoms with Gasteiger partial charge in [0.2, 0.25) is 5.91 Å². The first-order chi connectivity index (χ1) is 13.9. The highest BCUT2D eigenvalue weighted by molar-refractivity contribution is 7.21. The first-order valence-corrected chi connectivity index (χ1v) is 11.3. The summed E-state index contributed by atoms with van der Waals surface area (Å²) in [4.78, 5) is 30.2. The van der Waals surface area contributed by atoms with Crippen LogP contribution in [-0.2, 0) is 16.0 Å². The van der Waals surface area contributed by atoms with Crippen molar-refractivity contribution in [3.63, 3.8) is 0 Å². The lowest BCUT2D eigenvalue weighted by Crippen LogP contribution is -2.43. The predicted molar refractivity (Wildman–Crippen MR) is 119 cm³/mol. The summed E-state index contributed by atoms with van der Waals surface area (Å²) in [6, 6.07) is 8.31. The van der Waals surface area contributed by atoms with Crippen molar-refractivity contribution in [2.24, 2.45) is 0 Å². The molecule has 1 fully saturated rings. The van der Waals surface area contributed by atoms with Gasteiger partial charge in [-0.3, -0.25) is 9.59 Å². The van der Waals surface area contributed by atoms with Gasteiger partial charge < -0.3 is 14.5 Å². The van der Waals surface area contributed by atoms with Crippen molar-refractivity contribution in [3.05, 3.63) is 34.7 Å². The molecule has 0 unspecified atom stereocenters. The number of carbonyl (C=O) groups is 2. The lowest BCUT2D eigenvalue weighted by molar-refractivity contribution is -0.139. The molecule has 0 saturated carbocycles. The third-order valence-electron chi connectivity index (χ3n) is 5.48. The summed E-state index contributed by atoms with van der Waals surface area (Å²) in [5, 5.41) is 1.14. The molecule has 0 aliphatic carbocycles. The third-order valence-corrected chi connectivity index (χ3v) is 6.68. The molecule has 158 valence electrons.